The number of hydrogen-bond donors (Lipinski definition) is 0. The maximum Gasteiger partial charge on any atom is 0.573 e. The lowest BCUT2D eigenvalue weighted by molar-refractivity contribution is -0.274. The van der Waals surface area contributed by atoms with Gasteiger partial charge in [0.15, 0.2) is 0 Å². The highest BCUT2D eigenvalue weighted by atomic mass is 19.4. The van der Waals surface area contributed by atoms with Gasteiger partial charge in [-0.3, -0.25) is 0 Å². The second-order valence-electron chi connectivity index (χ2n) is 12.5. The molecule has 41 heavy (non-hydrogen) atoms. The van der Waals surface area contributed by atoms with Crippen molar-refractivity contribution in [2.24, 2.45) is 0 Å². The zero-order valence-electron chi connectivity index (χ0n) is 25.6. The second kappa shape index (κ2) is 14.6. The van der Waals surface area contributed by atoms with Crippen LogP contribution in [0.1, 0.15) is 79.0 Å². The van der Waals surface area contributed by atoms with Crippen LogP contribution in [-0.2, 0) is 16.2 Å². The van der Waals surface area contributed by atoms with Crippen molar-refractivity contribution in [3.05, 3.63) is 89.5 Å². The number of alkyl halides is 5. The molecule has 3 aromatic rings. The minimum Gasteiger partial charge on any atom is -0.497 e. The smallest absolute Gasteiger partial charge is 0.497 e. The highest BCUT2D eigenvalue weighted by Gasteiger charge is 2.31. The molecular weight excluding hydrogens is 539 g/mol. The van der Waals surface area contributed by atoms with Gasteiger partial charge >= 0.3 is 13.0 Å². The highest BCUT2D eigenvalue weighted by Crippen LogP contribution is 2.29. The summed E-state index contributed by atoms with van der Waals surface area (Å²) < 4.78 is 73.0. The zero-order valence-corrected chi connectivity index (χ0v) is 25.6. The molecule has 0 atom stereocenters. The van der Waals surface area contributed by atoms with E-state index in [-0.39, 0.29) is 27.7 Å². The largest absolute Gasteiger partial charge is 0.573 e. The number of ether oxygens (including phenoxy) is 3. The summed E-state index contributed by atoms with van der Waals surface area (Å²) in [7, 11) is 1.70. The van der Waals surface area contributed by atoms with Gasteiger partial charge in [-0.2, -0.15) is 8.78 Å². The molecule has 0 N–H and O–H groups in total. The molecule has 0 aliphatic carbocycles. The van der Waals surface area contributed by atoms with Crippen LogP contribution in [0.3, 0.4) is 0 Å². The van der Waals surface area contributed by atoms with Gasteiger partial charge in [-0.25, -0.2) is 0 Å². The molecule has 0 aliphatic heterocycles. The molecule has 8 heteroatoms. The van der Waals surface area contributed by atoms with E-state index in [1.807, 2.05) is 59.7 Å². The van der Waals surface area contributed by atoms with Gasteiger partial charge in [-0.05, 0) is 69.3 Å². The lowest BCUT2D eigenvalue weighted by atomic mass is 9.87. The normalized spacial score (nSPS) is 12.0. The minimum atomic E-state index is -4.63. The van der Waals surface area contributed by atoms with Crippen molar-refractivity contribution in [3.63, 3.8) is 0 Å². The summed E-state index contributed by atoms with van der Waals surface area (Å²) in [5, 5.41) is 0. The van der Waals surface area contributed by atoms with E-state index in [9.17, 15) is 22.0 Å². The molecule has 0 heterocycles. The Kier molecular flexibility index (Phi) is 12.7. The molecular formula is C33H43F5O3. The molecule has 3 aromatic carbocycles. The number of methoxy groups -OCH3 is 1. The van der Waals surface area contributed by atoms with Crippen molar-refractivity contribution < 1.29 is 36.2 Å². The van der Waals surface area contributed by atoms with Gasteiger partial charge in [-0.15, -0.1) is 13.2 Å². The number of halogens is 5. The first kappa shape index (κ1) is 35.7. The van der Waals surface area contributed by atoms with E-state index in [2.05, 4.69) is 42.4 Å². The van der Waals surface area contributed by atoms with Crippen LogP contribution in [0, 0.1) is 0 Å². The maximum absolute atomic E-state index is 11.9. The van der Waals surface area contributed by atoms with Crippen molar-refractivity contribution in [1.82, 2.24) is 0 Å². The number of hydrogen-bond acceptors (Lipinski definition) is 3. The first-order valence-corrected chi connectivity index (χ1v) is 13.2. The van der Waals surface area contributed by atoms with Crippen molar-refractivity contribution in [3.8, 4) is 17.2 Å². The third kappa shape index (κ3) is 14.3. The fourth-order valence-electron chi connectivity index (χ4n) is 3.39. The molecule has 0 saturated carbocycles. The van der Waals surface area contributed by atoms with Gasteiger partial charge in [0.25, 0.3) is 0 Å². The van der Waals surface area contributed by atoms with E-state index in [0.29, 0.717) is 0 Å². The van der Waals surface area contributed by atoms with Crippen LogP contribution in [0.5, 0.6) is 17.2 Å². The molecule has 0 aromatic heterocycles. The Labute approximate surface area is 241 Å². The molecule has 0 amide bonds. The van der Waals surface area contributed by atoms with Crippen LogP contribution in [0.4, 0.5) is 22.0 Å². The third-order valence-electron chi connectivity index (χ3n) is 5.79. The predicted molar refractivity (Wildman–Crippen MR) is 155 cm³/mol. The lowest BCUT2D eigenvalue weighted by Gasteiger charge is -2.20. The number of rotatable bonds is 4. The van der Waals surface area contributed by atoms with Gasteiger partial charge in [0.1, 0.15) is 17.2 Å². The minimum absolute atomic E-state index is 0.0541. The van der Waals surface area contributed by atoms with Gasteiger partial charge in [0.2, 0.25) is 0 Å². The van der Waals surface area contributed by atoms with Crippen LogP contribution in [0.15, 0.2) is 72.8 Å². The Bertz CT molecular complexity index is 1200. The fraction of sp³-hybridized carbons (Fsp3) is 0.455. The number of benzene rings is 3. The van der Waals surface area contributed by atoms with E-state index in [1.165, 1.54) is 23.8 Å². The van der Waals surface area contributed by atoms with Gasteiger partial charge in [0, 0.05) is 0 Å². The van der Waals surface area contributed by atoms with Gasteiger partial charge < -0.3 is 14.2 Å². The molecule has 0 fully saturated rings. The van der Waals surface area contributed by atoms with Crippen LogP contribution in [0.2, 0.25) is 0 Å². The average molecular weight is 583 g/mol. The Morgan fingerprint density at radius 3 is 1.22 bits per heavy atom. The van der Waals surface area contributed by atoms with E-state index in [0.717, 1.165) is 16.9 Å². The molecule has 0 unspecified atom stereocenters. The Balaban J connectivity index is 0.000000309. The topological polar surface area (TPSA) is 27.7 Å². The molecule has 228 valence electrons. The quantitative estimate of drug-likeness (QED) is 0.287. The maximum atomic E-state index is 11.9. The summed E-state index contributed by atoms with van der Waals surface area (Å²) >= 11 is 0. The second-order valence-corrected chi connectivity index (χ2v) is 12.5. The summed E-state index contributed by atoms with van der Waals surface area (Å²) in [6.07, 6.45) is -4.63. The van der Waals surface area contributed by atoms with Gasteiger partial charge in [-0.1, -0.05) is 98.7 Å². The summed E-state index contributed by atoms with van der Waals surface area (Å²) in [6.45, 7) is 15.7. The van der Waals surface area contributed by atoms with Gasteiger partial charge in [0.05, 0.1) is 7.11 Å². The summed E-state index contributed by atoms with van der Waals surface area (Å²) in [6, 6.07) is 21.0. The van der Waals surface area contributed by atoms with E-state index >= 15 is 0 Å². The van der Waals surface area contributed by atoms with Crippen molar-refractivity contribution in [1.29, 1.82) is 0 Å². The van der Waals surface area contributed by atoms with Crippen LogP contribution >= 0.6 is 0 Å². The van der Waals surface area contributed by atoms with Crippen LogP contribution in [-0.4, -0.2) is 20.1 Å². The highest BCUT2D eigenvalue weighted by molar-refractivity contribution is 5.34. The molecule has 0 bridgehead atoms. The van der Waals surface area contributed by atoms with E-state index < -0.39 is 13.0 Å². The SMILES string of the molecule is CC(C)(C)c1cccc(OC(F)(F)F)c1.CC(C)(C)c1cccc(OC(F)F)c1.COc1cccc(C(C)(C)C)c1. The zero-order chi connectivity index (χ0) is 31.6. The predicted octanol–water partition coefficient (Wildman–Crippen LogP) is 10.5. The molecule has 0 aliphatic rings. The monoisotopic (exact) mass is 582 g/mol. The molecule has 0 spiro atoms. The molecule has 3 nitrogen and oxygen atoms in total. The average Bonchev–Trinajstić information content (AvgIpc) is 2.82. The van der Waals surface area contributed by atoms with E-state index in [4.69, 9.17) is 4.74 Å². The first-order valence-electron chi connectivity index (χ1n) is 13.2. The Morgan fingerprint density at radius 2 is 0.878 bits per heavy atom. The third-order valence-corrected chi connectivity index (χ3v) is 5.79. The Hall–Kier alpha value is -3.29. The first-order chi connectivity index (χ1) is 18.6. The lowest BCUT2D eigenvalue weighted by Crippen LogP contribution is -2.18. The van der Waals surface area contributed by atoms with Crippen LogP contribution in [0.25, 0.3) is 0 Å². The molecule has 0 radical (unpaired) electrons. The summed E-state index contributed by atoms with van der Waals surface area (Å²) in [5.74, 6) is 0.977. The summed E-state index contributed by atoms with van der Waals surface area (Å²) in [4.78, 5) is 0. The fourth-order valence-corrected chi connectivity index (χ4v) is 3.39. The van der Waals surface area contributed by atoms with Crippen molar-refractivity contribution >= 4 is 0 Å². The van der Waals surface area contributed by atoms with Crippen molar-refractivity contribution in [2.75, 3.05) is 7.11 Å². The molecule has 3 rings (SSSR count). The molecule has 0 saturated heterocycles. The summed E-state index contributed by atoms with van der Waals surface area (Å²) in [5.41, 5.74) is 3.06. The van der Waals surface area contributed by atoms with Crippen LogP contribution < -0.4 is 14.2 Å². The van der Waals surface area contributed by atoms with Crippen molar-refractivity contribution in [2.45, 2.75) is 91.5 Å². The van der Waals surface area contributed by atoms with E-state index in [1.54, 1.807) is 31.4 Å². The standard InChI is InChI=1S/C11H13F3O.C11H14F2O.C11H16O/c1-10(2,3)8-5-4-6-9(7-8)15-11(12,13)14;1-11(2,3)8-5-4-6-9(7-8)14-10(12)13;1-11(2,3)9-6-5-7-10(8-9)12-4/h4-7H,1-3H3;4-7,10H,1-3H3;5-8H,1-4H3. The Morgan fingerprint density at radius 1 is 0.537 bits per heavy atom.